The van der Waals surface area contributed by atoms with E-state index in [0.717, 1.165) is 5.75 Å². The van der Waals surface area contributed by atoms with Crippen LogP contribution in [0.5, 0.6) is 0 Å². The molecule has 2 aliphatic heterocycles. The van der Waals surface area contributed by atoms with E-state index >= 15 is 0 Å². The fraction of sp³-hybridized carbons (Fsp3) is 0.727. The van der Waals surface area contributed by atoms with E-state index in [1.54, 1.807) is 28.4 Å². The van der Waals surface area contributed by atoms with E-state index in [1.807, 2.05) is 6.92 Å². The molecule has 2 aliphatic rings. The van der Waals surface area contributed by atoms with Crippen LogP contribution in [0.25, 0.3) is 0 Å². The Labute approximate surface area is 120 Å². The molecule has 2 atom stereocenters. The molecule has 0 saturated carbocycles. The Kier molecular flexibility index (Phi) is 4.00. The highest BCUT2D eigenvalue weighted by Gasteiger charge is 2.51. The lowest BCUT2D eigenvalue weighted by molar-refractivity contribution is -0.145. The van der Waals surface area contributed by atoms with E-state index in [9.17, 15) is 14.4 Å². The van der Waals surface area contributed by atoms with Crippen molar-refractivity contribution >= 4 is 41.2 Å². The molecule has 8 heteroatoms. The van der Waals surface area contributed by atoms with E-state index in [2.05, 4.69) is 0 Å². The molecule has 0 bridgehead atoms. The van der Waals surface area contributed by atoms with Gasteiger partial charge in [0.2, 0.25) is 17.7 Å². The Morgan fingerprint density at radius 2 is 2.26 bits per heavy atom. The Bertz CT molecular complexity index is 431. The zero-order valence-electron chi connectivity index (χ0n) is 10.9. The summed E-state index contributed by atoms with van der Waals surface area (Å²) in [4.78, 5) is 38.0. The van der Waals surface area contributed by atoms with Gasteiger partial charge in [0.15, 0.2) is 0 Å². The predicted molar refractivity (Wildman–Crippen MR) is 75.7 cm³/mol. The number of nitrogens with zero attached hydrogens (tertiary/aromatic N) is 2. The maximum atomic E-state index is 12.3. The number of rotatable bonds is 3. The first-order valence-electron chi connectivity index (χ1n) is 5.92. The molecule has 3 amide bonds. The topological polar surface area (TPSA) is 83.7 Å². The molecule has 2 fully saturated rings. The van der Waals surface area contributed by atoms with Crippen LogP contribution in [0.1, 0.15) is 6.92 Å². The van der Waals surface area contributed by atoms with Crippen molar-refractivity contribution in [2.75, 3.05) is 30.9 Å². The number of carbonyl (C=O) groups is 3. The van der Waals surface area contributed by atoms with Gasteiger partial charge in [-0.3, -0.25) is 14.4 Å². The first kappa shape index (κ1) is 14.5. The summed E-state index contributed by atoms with van der Waals surface area (Å²) >= 11 is 3.23. The van der Waals surface area contributed by atoms with E-state index < -0.39 is 11.9 Å². The summed E-state index contributed by atoms with van der Waals surface area (Å²) in [6.07, 6.45) is 0. The summed E-state index contributed by atoms with van der Waals surface area (Å²) in [7, 11) is 1.54. The van der Waals surface area contributed by atoms with Gasteiger partial charge in [0, 0.05) is 18.6 Å². The lowest BCUT2D eigenvalue weighted by Crippen LogP contribution is -2.58. The molecule has 6 nitrogen and oxygen atoms in total. The monoisotopic (exact) mass is 303 g/mol. The average Bonchev–Trinajstić information content (AvgIpc) is 2.66. The number of carbonyl (C=O) groups excluding carboxylic acids is 3. The van der Waals surface area contributed by atoms with Crippen LogP contribution in [0.4, 0.5) is 0 Å². The maximum Gasteiger partial charge on any atom is 0.246 e. The molecule has 2 N–H and O–H groups in total. The van der Waals surface area contributed by atoms with Crippen LogP contribution in [-0.4, -0.2) is 69.3 Å². The first-order chi connectivity index (χ1) is 8.85. The molecule has 0 radical (unpaired) electrons. The van der Waals surface area contributed by atoms with Crippen LogP contribution in [0, 0.1) is 0 Å². The molecule has 0 aliphatic carbocycles. The van der Waals surface area contributed by atoms with Crippen molar-refractivity contribution < 1.29 is 14.4 Å². The SMILES string of the molecule is CN(CC(N)=O)C(=O)C1CSC2(C)CSCC(=O)N12. The Balaban J connectivity index is 2.15. The molecular formula is C11H17N3O3S2. The third kappa shape index (κ3) is 2.69. The third-order valence-corrected chi connectivity index (χ3v) is 6.14. The normalized spacial score (nSPS) is 30.1. The first-order valence-corrected chi connectivity index (χ1v) is 8.06. The van der Waals surface area contributed by atoms with Crippen LogP contribution in [-0.2, 0) is 14.4 Å². The molecule has 0 aromatic carbocycles. The van der Waals surface area contributed by atoms with E-state index in [-0.39, 0.29) is 23.2 Å². The predicted octanol–water partition coefficient (Wildman–Crippen LogP) is -0.663. The Morgan fingerprint density at radius 1 is 1.58 bits per heavy atom. The van der Waals surface area contributed by atoms with Crippen molar-refractivity contribution in [3.8, 4) is 0 Å². The number of fused-ring (bicyclic) bond motifs is 1. The summed E-state index contributed by atoms with van der Waals surface area (Å²) < 4.78 is 0. The van der Waals surface area contributed by atoms with Gasteiger partial charge in [0.1, 0.15) is 6.04 Å². The number of nitrogens with two attached hydrogens (primary N) is 1. The molecule has 0 aromatic heterocycles. The number of primary amides is 1. The van der Waals surface area contributed by atoms with Gasteiger partial charge in [0.05, 0.1) is 17.2 Å². The lowest BCUT2D eigenvalue weighted by Gasteiger charge is -2.40. The highest BCUT2D eigenvalue weighted by atomic mass is 32.2. The zero-order valence-corrected chi connectivity index (χ0v) is 12.6. The van der Waals surface area contributed by atoms with Gasteiger partial charge in [-0.1, -0.05) is 0 Å². The smallest absolute Gasteiger partial charge is 0.246 e. The molecule has 2 heterocycles. The molecule has 2 unspecified atom stereocenters. The average molecular weight is 303 g/mol. The molecule has 2 rings (SSSR count). The Hall–Kier alpha value is -0.890. The van der Waals surface area contributed by atoms with E-state index in [0.29, 0.717) is 11.5 Å². The maximum absolute atomic E-state index is 12.3. The van der Waals surface area contributed by atoms with E-state index in [1.165, 1.54) is 11.9 Å². The zero-order chi connectivity index (χ0) is 14.2. The summed E-state index contributed by atoms with van der Waals surface area (Å²) in [6.45, 7) is 1.87. The minimum Gasteiger partial charge on any atom is -0.368 e. The number of thioether (sulfide) groups is 2. The van der Waals surface area contributed by atoms with Crippen molar-refractivity contribution in [2.45, 2.75) is 17.8 Å². The van der Waals surface area contributed by atoms with Crippen molar-refractivity contribution in [1.82, 2.24) is 9.80 Å². The molecule has 0 spiro atoms. The number of amides is 3. The standard InChI is InChI=1S/C11H17N3O3S2/c1-11-6-18-5-9(16)14(11)7(4-19-11)10(17)13(2)3-8(12)15/h7H,3-6H2,1-2H3,(H2,12,15). The van der Waals surface area contributed by atoms with E-state index in [4.69, 9.17) is 5.73 Å². The van der Waals surface area contributed by atoms with Gasteiger partial charge in [-0.25, -0.2) is 0 Å². The second-order valence-corrected chi connectivity index (χ2v) is 7.41. The summed E-state index contributed by atoms with van der Waals surface area (Å²) in [5.41, 5.74) is 5.09. The van der Waals surface area contributed by atoms with Crippen molar-refractivity contribution in [3.05, 3.63) is 0 Å². The molecule has 106 valence electrons. The van der Waals surface area contributed by atoms with Gasteiger partial charge in [0.25, 0.3) is 0 Å². The van der Waals surface area contributed by atoms with Gasteiger partial charge in [-0.05, 0) is 6.92 Å². The second-order valence-electron chi connectivity index (χ2n) is 4.92. The molecule has 0 aromatic rings. The molecule has 2 saturated heterocycles. The fourth-order valence-electron chi connectivity index (χ4n) is 2.43. The quantitative estimate of drug-likeness (QED) is 0.748. The number of hydrogen-bond donors (Lipinski definition) is 1. The highest BCUT2D eigenvalue weighted by Crippen LogP contribution is 2.44. The molecular weight excluding hydrogens is 286 g/mol. The molecule has 19 heavy (non-hydrogen) atoms. The van der Waals surface area contributed by atoms with Gasteiger partial charge < -0.3 is 15.5 Å². The van der Waals surface area contributed by atoms with Crippen LogP contribution in [0.3, 0.4) is 0 Å². The minimum atomic E-state index is -0.551. The van der Waals surface area contributed by atoms with Crippen LogP contribution in [0.15, 0.2) is 0 Å². The minimum absolute atomic E-state index is 0.00502. The highest BCUT2D eigenvalue weighted by molar-refractivity contribution is 8.04. The van der Waals surface area contributed by atoms with Crippen LogP contribution < -0.4 is 5.73 Å². The Morgan fingerprint density at radius 3 is 2.89 bits per heavy atom. The van der Waals surface area contributed by atoms with Crippen molar-refractivity contribution in [2.24, 2.45) is 5.73 Å². The largest absolute Gasteiger partial charge is 0.368 e. The fourth-order valence-corrected chi connectivity index (χ4v) is 5.12. The van der Waals surface area contributed by atoms with Crippen LogP contribution >= 0.6 is 23.5 Å². The summed E-state index contributed by atoms with van der Waals surface area (Å²) in [5.74, 6) is 1.05. The summed E-state index contributed by atoms with van der Waals surface area (Å²) in [5, 5.41) is 0. The van der Waals surface area contributed by atoms with Crippen molar-refractivity contribution in [3.63, 3.8) is 0 Å². The van der Waals surface area contributed by atoms with Crippen molar-refractivity contribution in [1.29, 1.82) is 0 Å². The third-order valence-electron chi connectivity index (χ3n) is 3.29. The summed E-state index contributed by atoms with van der Waals surface area (Å²) in [6, 6.07) is -0.479. The van der Waals surface area contributed by atoms with Crippen LogP contribution in [0.2, 0.25) is 0 Å². The number of likely N-dealkylation sites (N-methyl/N-ethyl adjacent to an activating group) is 1. The lowest BCUT2D eigenvalue weighted by atomic mass is 10.2. The second kappa shape index (κ2) is 5.24. The van der Waals surface area contributed by atoms with Gasteiger partial charge in [-0.15, -0.1) is 23.5 Å². The van der Waals surface area contributed by atoms with Gasteiger partial charge >= 0.3 is 0 Å². The number of hydrogen-bond acceptors (Lipinski definition) is 5. The van der Waals surface area contributed by atoms with Gasteiger partial charge in [-0.2, -0.15) is 0 Å².